The van der Waals surface area contributed by atoms with E-state index in [2.05, 4.69) is 34.5 Å². The first-order valence-electron chi connectivity index (χ1n) is 6.60. The van der Waals surface area contributed by atoms with Gasteiger partial charge in [-0.25, -0.2) is 0 Å². The molecule has 1 unspecified atom stereocenters. The Labute approximate surface area is 104 Å². The van der Waals surface area contributed by atoms with E-state index in [1.165, 1.54) is 31.6 Å². The Balaban J connectivity index is 1.67. The Morgan fingerprint density at radius 3 is 2.59 bits per heavy atom. The van der Waals surface area contributed by atoms with Crippen molar-refractivity contribution in [1.29, 1.82) is 0 Å². The summed E-state index contributed by atoms with van der Waals surface area (Å²) in [6.45, 7) is 5.80. The maximum atomic E-state index is 6.18. The summed E-state index contributed by atoms with van der Waals surface area (Å²) in [6.07, 6.45) is 2.27. The fourth-order valence-electron chi connectivity index (χ4n) is 2.34. The molecule has 1 aliphatic rings. The van der Waals surface area contributed by atoms with Crippen LogP contribution in [0.3, 0.4) is 0 Å². The highest BCUT2D eigenvalue weighted by molar-refractivity contribution is 5.18. The summed E-state index contributed by atoms with van der Waals surface area (Å²) in [5.74, 6) is 0. The van der Waals surface area contributed by atoms with Crippen LogP contribution in [0, 0.1) is 0 Å². The van der Waals surface area contributed by atoms with Gasteiger partial charge in [0, 0.05) is 32.2 Å². The Morgan fingerprint density at radius 1 is 1.18 bits per heavy atom. The fraction of sp³-hybridized carbons (Fsp3) is 0.571. The van der Waals surface area contributed by atoms with Gasteiger partial charge in [-0.2, -0.15) is 0 Å². The van der Waals surface area contributed by atoms with E-state index in [0.717, 1.165) is 19.5 Å². The van der Waals surface area contributed by atoms with E-state index in [4.69, 9.17) is 5.73 Å². The van der Waals surface area contributed by atoms with Crippen molar-refractivity contribution in [1.82, 2.24) is 10.2 Å². The van der Waals surface area contributed by atoms with Crippen LogP contribution in [-0.4, -0.2) is 37.6 Å². The topological polar surface area (TPSA) is 41.3 Å². The summed E-state index contributed by atoms with van der Waals surface area (Å²) in [5.41, 5.74) is 7.44. The van der Waals surface area contributed by atoms with Crippen LogP contribution in [0.1, 0.15) is 24.4 Å². The zero-order valence-corrected chi connectivity index (χ0v) is 10.4. The van der Waals surface area contributed by atoms with Gasteiger partial charge in [-0.05, 0) is 24.9 Å². The number of benzene rings is 1. The van der Waals surface area contributed by atoms with Crippen molar-refractivity contribution in [2.45, 2.75) is 18.9 Å². The number of hydrogen-bond acceptors (Lipinski definition) is 3. The van der Waals surface area contributed by atoms with Crippen molar-refractivity contribution in [3.05, 3.63) is 35.9 Å². The molecule has 1 saturated heterocycles. The third-order valence-corrected chi connectivity index (χ3v) is 3.43. The second kappa shape index (κ2) is 6.74. The maximum Gasteiger partial charge on any atom is 0.0295 e. The van der Waals surface area contributed by atoms with E-state index >= 15 is 0 Å². The molecular formula is C14H23N3. The predicted octanol–water partition coefficient (Wildman–Crippen LogP) is 1.37. The lowest BCUT2D eigenvalue weighted by Crippen LogP contribution is -2.43. The highest BCUT2D eigenvalue weighted by Crippen LogP contribution is 2.15. The van der Waals surface area contributed by atoms with Crippen molar-refractivity contribution in [2.75, 3.05) is 32.7 Å². The van der Waals surface area contributed by atoms with Crippen LogP contribution in [0.5, 0.6) is 0 Å². The van der Waals surface area contributed by atoms with Crippen molar-refractivity contribution in [2.24, 2.45) is 5.73 Å². The van der Waals surface area contributed by atoms with Crippen LogP contribution < -0.4 is 11.1 Å². The summed E-state index contributed by atoms with van der Waals surface area (Å²) >= 11 is 0. The minimum atomic E-state index is 0.194. The van der Waals surface area contributed by atoms with Crippen LogP contribution in [0.4, 0.5) is 0 Å². The first kappa shape index (κ1) is 12.6. The Kier molecular flexibility index (Phi) is 4.98. The van der Waals surface area contributed by atoms with Gasteiger partial charge in [0.1, 0.15) is 0 Å². The van der Waals surface area contributed by atoms with Crippen molar-refractivity contribution >= 4 is 0 Å². The van der Waals surface area contributed by atoms with Crippen LogP contribution in [0.15, 0.2) is 30.3 Å². The zero-order chi connectivity index (χ0) is 11.9. The van der Waals surface area contributed by atoms with Crippen LogP contribution in [0.25, 0.3) is 0 Å². The smallest absolute Gasteiger partial charge is 0.0295 e. The first-order chi connectivity index (χ1) is 8.36. The molecule has 17 heavy (non-hydrogen) atoms. The maximum absolute atomic E-state index is 6.18. The van der Waals surface area contributed by atoms with Gasteiger partial charge in [0.15, 0.2) is 0 Å². The summed E-state index contributed by atoms with van der Waals surface area (Å²) in [4.78, 5) is 2.52. The minimum Gasteiger partial charge on any atom is -0.324 e. The fourth-order valence-corrected chi connectivity index (χ4v) is 2.34. The lowest BCUT2D eigenvalue weighted by atomic mass is 10.0. The van der Waals surface area contributed by atoms with Crippen LogP contribution in [-0.2, 0) is 0 Å². The van der Waals surface area contributed by atoms with Gasteiger partial charge in [0.05, 0.1) is 0 Å². The summed E-state index contributed by atoms with van der Waals surface area (Å²) in [7, 11) is 0. The number of piperazine rings is 1. The van der Waals surface area contributed by atoms with E-state index in [1.807, 2.05) is 6.07 Å². The van der Waals surface area contributed by atoms with E-state index in [9.17, 15) is 0 Å². The molecule has 1 aliphatic heterocycles. The molecule has 0 amide bonds. The van der Waals surface area contributed by atoms with Crippen molar-refractivity contribution < 1.29 is 0 Å². The van der Waals surface area contributed by atoms with Gasteiger partial charge in [0.25, 0.3) is 0 Å². The molecule has 0 bridgehead atoms. The largest absolute Gasteiger partial charge is 0.324 e. The molecule has 0 radical (unpaired) electrons. The molecular weight excluding hydrogens is 210 g/mol. The third-order valence-electron chi connectivity index (χ3n) is 3.43. The third kappa shape index (κ3) is 4.11. The van der Waals surface area contributed by atoms with Crippen molar-refractivity contribution in [3.63, 3.8) is 0 Å². The molecule has 0 aliphatic carbocycles. The summed E-state index contributed by atoms with van der Waals surface area (Å²) < 4.78 is 0. The van der Waals surface area contributed by atoms with Gasteiger partial charge < -0.3 is 16.0 Å². The average Bonchev–Trinajstić information content (AvgIpc) is 2.41. The molecule has 0 saturated carbocycles. The average molecular weight is 233 g/mol. The Morgan fingerprint density at radius 2 is 1.88 bits per heavy atom. The van der Waals surface area contributed by atoms with Gasteiger partial charge in [0.2, 0.25) is 0 Å². The van der Waals surface area contributed by atoms with E-state index in [0.29, 0.717) is 0 Å². The first-order valence-corrected chi connectivity index (χ1v) is 6.60. The quantitative estimate of drug-likeness (QED) is 0.807. The second-order valence-corrected chi connectivity index (χ2v) is 4.75. The number of hydrogen-bond donors (Lipinski definition) is 2. The molecule has 0 spiro atoms. The highest BCUT2D eigenvalue weighted by Gasteiger charge is 2.10. The monoisotopic (exact) mass is 233 g/mol. The molecule has 2 rings (SSSR count). The molecule has 1 aromatic rings. The van der Waals surface area contributed by atoms with E-state index in [-0.39, 0.29) is 6.04 Å². The number of rotatable bonds is 5. The highest BCUT2D eigenvalue weighted by atomic mass is 15.2. The molecule has 3 heteroatoms. The molecule has 94 valence electrons. The molecule has 1 atom stereocenters. The number of nitrogens with one attached hydrogen (secondary N) is 1. The minimum absolute atomic E-state index is 0.194. The summed E-state index contributed by atoms with van der Waals surface area (Å²) in [5, 5.41) is 3.37. The molecule has 3 nitrogen and oxygen atoms in total. The van der Waals surface area contributed by atoms with E-state index in [1.54, 1.807) is 0 Å². The van der Waals surface area contributed by atoms with Gasteiger partial charge in [-0.1, -0.05) is 30.3 Å². The second-order valence-electron chi connectivity index (χ2n) is 4.75. The number of nitrogens with two attached hydrogens (primary N) is 1. The standard InChI is InChI=1S/C14H23N3/c15-14(13-5-2-1-3-6-13)7-4-10-17-11-8-16-9-12-17/h1-3,5-6,14,16H,4,7-12,15H2. The van der Waals surface area contributed by atoms with Crippen LogP contribution >= 0.6 is 0 Å². The van der Waals surface area contributed by atoms with Crippen molar-refractivity contribution in [3.8, 4) is 0 Å². The van der Waals surface area contributed by atoms with Gasteiger partial charge >= 0.3 is 0 Å². The molecule has 3 N–H and O–H groups in total. The van der Waals surface area contributed by atoms with Crippen LogP contribution in [0.2, 0.25) is 0 Å². The van der Waals surface area contributed by atoms with Gasteiger partial charge in [-0.3, -0.25) is 0 Å². The molecule has 0 aromatic heterocycles. The van der Waals surface area contributed by atoms with Gasteiger partial charge in [-0.15, -0.1) is 0 Å². The number of nitrogens with zero attached hydrogens (tertiary/aromatic N) is 1. The zero-order valence-electron chi connectivity index (χ0n) is 10.4. The van der Waals surface area contributed by atoms with E-state index < -0.39 is 0 Å². The molecule has 1 heterocycles. The lowest BCUT2D eigenvalue weighted by molar-refractivity contribution is 0.235. The SMILES string of the molecule is NC(CCCN1CCNCC1)c1ccccc1. The molecule has 1 fully saturated rings. The Hall–Kier alpha value is -0.900. The normalized spacial score (nSPS) is 19.1. The lowest BCUT2D eigenvalue weighted by Gasteiger charge is -2.27. The Bertz CT molecular complexity index is 307. The predicted molar refractivity (Wildman–Crippen MR) is 71.9 cm³/mol. The molecule has 1 aromatic carbocycles. The summed E-state index contributed by atoms with van der Waals surface area (Å²) in [6, 6.07) is 10.6.